The van der Waals surface area contributed by atoms with Gasteiger partial charge in [0.15, 0.2) is 11.5 Å². The molecule has 0 bridgehead atoms. The van der Waals surface area contributed by atoms with Crippen LogP contribution in [0.2, 0.25) is 0 Å². The molecule has 4 aromatic rings. The number of hydrogen-bond donors (Lipinski definition) is 2. The zero-order valence-corrected chi connectivity index (χ0v) is 18.6. The highest BCUT2D eigenvalue weighted by molar-refractivity contribution is 5.86. The fourth-order valence-corrected chi connectivity index (χ4v) is 4.27. The van der Waals surface area contributed by atoms with Crippen molar-refractivity contribution in [3.63, 3.8) is 0 Å². The van der Waals surface area contributed by atoms with Gasteiger partial charge in [-0.2, -0.15) is 0 Å². The summed E-state index contributed by atoms with van der Waals surface area (Å²) in [5.41, 5.74) is 4.07. The summed E-state index contributed by atoms with van der Waals surface area (Å²) in [7, 11) is 3.25. The number of aromatic amines is 1. The van der Waals surface area contributed by atoms with Crippen molar-refractivity contribution >= 4 is 16.8 Å². The van der Waals surface area contributed by atoms with Crippen molar-refractivity contribution < 1.29 is 14.3 Å². The lowest BCUT2D eigenvalue weighted by atomic mass is 9.87. The maximum atomic E-state index is 13.2. The molecule has 1 amide bonds. The van der Waals surface area contributed by atoms with Crippen molar-refractivity contribution in [1.82, 2.24) is 10.3 Å². The van der Waals surface area contributed by atoms with E-state index in [4.69, 9.17) is 9.47 Å². The van der Waals surface area contributed by atoms with E-state index in [2.05, 4.69) is 16.4 Å². The quantitative estimate of drug-likeness (QED) is 0.385. The lowest BCUT2D eigenvalue weighted by Crippen LogP contribution is -2.28. The van der Waals surface area contributed by atoms with E-state index in [0.717, 1.165) is 27.6 Å². The second-order valence-corrected chi connectivity index (χ2v) is 7.83. The Kier molecular flexibility index (Phi) is 6.45. The first kappa shape index (κ1) is 21.5. The Morgan fingerprint density at radius 1 is 0.906 bits per heavy atom. The van der Waals surface area contributed by atoms with Crippen LogP contribution >= 0.6 is 0 Å². The average molecular weight is 429 g/mol. The standard InChI is InChI=1S/C27H28N2O3/c1-18(19-10-5-4-6-11-19)29-26(30)16-22(21-13-9-15-25(31-2)27(21)32-3)23-17-28-24-14-8-7-12-20(23)24/h4-15,17-18,22,28H,16H2,1-3H3,(H,29,30)/t18-,22+/m1/s1. The Morgan fingerprint density at radius 2 is 1.66 bits per heavy atom. The summed E-state index contributed by atoms with van der Waals surface area (Å²) < 4.78 is 11.2. The number of fused-ring (bicyclic) bond motifs is 1. The van der Waals surface area contributed by atoms with E-state index in [9.17, 15) is 4.79 Å². The number of para-hydroxylation sites is 2. The van der Waals surface area contributed by atoms with Gasteiger partial charge in [0.1, 0.15) is 0 Å². The molecule has 0 aliphatic carbocycles. The summed E-state index contributed by atoms with van der Waals surface area (Å²) in [6.07, 6.45) is 2.27. The third-order valence-electron chi connectivity index (χ3n) is 5.87. The summed E-state index contributed by atoms with van der Waals surface area (Å²) in [6, 6.07) is 23.8. The average Bonchev–Trinajstić information content (AvgIpc) is 3.26. The van der Waals surface area contributed by atoms with Gasteiger partial charge in [-0.1, -0.05) is 60.7 Å². The molecule has 0 unspecified atom stereocenters. The van der Waals surface area contributed by atoms with E-state index in [-0.39, 0.29) is 24.3 Å². The Balaban J connectivity index is 1.71. The predicted octanol–water partition coefficient (Wildman–Crippen LogP) is 5.58. The third kappa shape index (κ3) is 4.33. The van der Waals surface area contributed by atoms with Gasteiger partial charge in [0.05, 0.1) is 20.3 Å². The highest BCUT2D eigenvalue weighted by Gasteiger charge is 2.26. The van der Waals surface area contributed by atoms with Crippen molar-refractivity contribution in [3.05, 3.63) is 95.7 Å². The largest absolute Gasteiger partial charge is 0.493 e. The number of nitrogens with one attached hydrogen (secondary N) is 2. The van der Waals surface area contributed by atoms with Crippen molar-refractivity contribution in [2.45, 2.75) is 25.3 Å². The van der Waals surface area contributed by atoms with Gasteiger partial charge >= 0.3 is 0 Å². The Labute approximate surface area is 188 Å². The lowest BCUT2D eigenvalue weighted by molar-refractivity contribution is -0.121. The molecule has 32 heavy (non-hydrogen) atoms. The summed E-state index contributed by atoms with van der Waals surface area (Å²) in [5, 5.41) is 4.24. The molecule has 0 spiro atoms. The van der Waals surface area contributed by atoms with E-state index < -0.39 is 0 Å². The van der Waals surface area contributed by atoms with E-state index in [1.54, 1.807) is 14.2 Å². The van der Waals surface area contributed by atoms with Crippen molar-refractivity contribution in [1.29, 1.82) is 0 Å². The molecule has 2 atom stereocenters. The number of methoxy groups -OCH3 is 2. The second-order valence-electron chi connectivity index (χ2n) is 7.83. The highest BCUT2D eigenvalue weighted by atomic mass is 16.5. The maximum Gasteiger partial charge on any atom is 0.221 e. The molecule has 2 N–H and O–H groups in total. The number of hydrogen-bond acceptors (Lipinski definition) is 3. The van der Waals surface area contributed by atoms with Crippen molar-refractivity contribution in [2.75, 3.05) is 14.2 Å². The summed E-state index contributed by atoms with van der Waals surface area (Å²) >= 11 is 0. The van der Waals surface area contributed by atoms with E-state index in [1.807, 2.05) is 79.9 Å². The predicted molar refractivity (Wildman–Crippen MR) is 127 cm³/mol. The monoisotopic (exact) mass is 428 g/mol. The van der Waals surface area contributed by atoms with Crippen LogP contribution in [0.15, 0.2) is 79.0 Å². The molecule has 0 fully saturated rings. The molecule has 0 saturated heterocycles. The zero-order chi connectivity index (χ0) is 22.5. The topological polar surface area (TPSA) is 63.3 Å². The molecule has 0 saturated carbocycles. The van der Waals surface area contributed by atoms with Gasteiger partial charge in [-0.25, -0.2) is 0 Å². The van der Waals surface area contributed by atoms with E-state index in [1.165, 1.54) is 0 Å². The number of H-pyrrole nitrogens is 1. The SMILES string of the molecule is COc1cccc([C@H](CC(=O)N[C@H](C)c2ccccc2)c2c[nH]c3ccccc23)c1OC. The molecule has 5 nitrogen and oxygen atoms in total. The first-order valence-electron chi connectivity index (χ1n) is 10.7. The van der Waals surface area contributed by atoms with Crippen molar-refractivity contribution in [2.24, 2.45) is 0 Å². The van der Waals surface area contributed by atoms with Crippen LogP contribution < -0.4 is 14.8 Å². The van der Waals surface area contributed by atoms with Crippen LogP contribution in [-0.4, -0.2) is 25.1 Å². The maximum absolute atomic E-state index is 13.2. The minimum absolute atomic E-state index is 0.0264. The number of carbonyl (C=O) groups excluding carboxylic acids is 1. The molecule has 5 heteroatoms. The first-order valence-corrected chi connectivity index (χ1v) is 10.7. The van der Waals surface area contributed by atoms with Gasteiger partial charge in [-0.05, 0) is 30.2 Å². The Hall–Kier alpha value is -3.73. The fraction of sp³-hybridized carbons (Fsp3) is 0.222. The fourth-order valence-electron chi connectivity index (χ4n) is 4.27. The van der Waals surface area contributed by atoms with Crippen LogP contribution in [0.1, 0.15) is 42.0 Å². The molecule has 0 aliphatic rings. The summed E-state index contributed by atoms with van der Waals surface area (Å²) in [4.78, 5) is 16.5. The molecule has 0 radical (unpaired) electrons. The van der Waals surface area contributed by atoms with Crippen LogP contribution in [0.25, 0.3) is 10.9 Å². The normalized spacial score (nSPS) is 12.8. The summed E-state index contributed by atoms with van der Waals surface area (Å²) in [5.74, 6) is 1.06. The minimum Gasteiger partial charge on any atom is -0.493 e. The molecular formula is C27H28N2O3. The van der Waals surface area contributed by atoms with Crippen LogP contribution in [0.5, 0.6) is 11.5 Å². The molecule has 4 rings (SSSR count). The van der Waals surface area contributed by atoms with Gasteiger partial charge in [0.25, 0.3) is 0 Å². The number of amides is 1. The number of aromatic nitrogens is 1. The molecule has 1 heterocycles. The molecule has 3 aromatic carbocycles. The van der Waals surface area contributed by atoms with Gasteiger partial charge < -0.3 is 19.8 Å². The van der Waals surface area contributed by atoms with Crippen molar-refractivity contribution in [3.8, 4) is 11.5 Å². The van der Waals surface area contributed by atoms with Gasteiger partial charge in [-0.15, -0.1) is 0 Å². The number of ether oxygens (including phenoxy) is 2. The van der Waals surface area contributed by atoms with Gasteiger partial charge in [0.2, 0.25) is 5.91 Å². The Bertz CT molecular complexity index is 1200. The van der Waals surface area contributed by atoms with Crippen LogP contribution in [0.3, 0.4) is 0 Å². The zero-order valence-electron chi connectivity index (χ0n) is 18.6. The second kappa shape index (κ2) is 9.60. The molecule has 164 valence electrons. The lowest BCUT2D eigenvalue weighted by Gasteiger charge is -2.22. The van der Waals surface area contributed by atoms with Crippen LogP contribution in [0, 0.1) is 0 Å². The molecule has 1 aromatic heterocycles. The van der Waals surface area contributed by atoms with Gasteiger partial charge in [0, 0.05) is 35.0 Å². The molecule has 0 aliphatic heterocycles. The molecular weight excluding hydrogens is 400 g/mol. The summed E-state index contributed by atoms with van der Waals surface area (Å²) in [6.45, 7) is 2.00. The number of carbonyl (C=O) groups is 1. The first-order chi connectivity index (χ1) is 15.6. The number of benzene rings is 3. The van der Waals surface area contributed by atoms with Gasteiger partial charge in [-0.3, -0.25) is 4.79 Å². The number of rotatable bonds is 8. The van der Waals surface area contributed by atoms with Crippen LogP contribution in [0.4, 0.5) is 0 Å². The highest BCUT2D eigenvalue weighted by Crippen LogP contribution is 2.42. The smallest absolute Gasteiger partial charge is 0.221 e. The third-order valence-corrected chi connectivity index (χ3v) is 5.87. The van der Waals surface area contributed by atoms with Crippen LogP contribution in [-0.2, 0) is 4.79 Å². The Morgan fingerprint density at radius 3 is 2.41 bits per heavy atom. The van der Waals surface area contributed by atoms with E-state index in [0.29, 0.717) is 11.5 Å². The minimum atomic E-state index is -0.209. The van der Waals surface area contributed by atoms with E-state index >= 15 is 0 Å².